The molecule has 0 spiro atoms. The van der Waals surface area contributed by atoms with Gasteiger partial charge in [0.1, 0.15) is 0 Å². The summed E-state index contributed by atoms with van der Waals surface area (Å²) >= 11 is 0. The van der Waals surface area contributed by atoms with Gasteiger partial charge in [-0.05, 0) is 17.2 Å². The van der Waals surface area contributed by atoms with E-state index in [2.05, 4.69) is 10.5 Å². The molecular weight excluding hydrogens is 266 g/mol. The second kappa shape index (κ2) is 7.09. The van der Waals surface area contributed by atoms with E-state index in [1.165, 1.54) is 0 Å². The Labute approximate surface area is 123 Å². The molecular formula is C16H17N3O2. The van der Waals surface area contributed by atoms with E-state index in [1.807, 2.05) is 36.4 Å². The molecule has 21 heavy (non-hydrogen) atoms. The number of nitrogens with zero attached hydrogens (tertiary/aromatic N) is 1. The molecule has 2 rings (SSSR count). The number of hydrogen-bond donors (Lipinski definition) is 3. The normalized spacial score (nSPS) is 11.1. The monoisotopic (exact) mass is 283 g/mol. The van der Waals surface area contributed by atoms with Crippen LogP contribution >= 0.6 is 0 Å². The second-order valence-corrected chi connectivity index (χ2v) is 4.62. The highest BCUT2D eigenvalue weighted by Crippen LogP contribution is 2.05. The number of rotatable bonds is 5. The Kier molecular flexibility index (Phi) is 4.93. The summed E-state index contributed by atoms with van der Waals surface area (Å²) in [6.07, 6.45) is 0.348. The Balaban J connectivity index is 1.92. The van der Waals surface area contributed by atoms with Gasteiger partial charge in [-0.3, -0.25) is 4.79 Å². The number of carbonyl (C=O) groups excluding carboxylic acids is 1. The molecule has 0 atom stereocenters. The van der Waals surface area contributed by atoms with Crippen LogP contribution in [-0.4, -0.2) is 17.0 Å². The van der Waals surface area contributed by atoms with Crippen molar-refractivity contribution in [2.45, 2.75) is 13.0 Å². The number of amidine groups is 1. The van der Waals surface area contributed by atoms with Crippen molar-refractivity contribution < 1.29 is 10.0 Å². The van der Waals surface area contributed by atoms with Gasteiger partial charge in [0.15, 0.2) is 5.84 Å². The number of amides is 1. The first-order valence-corrected chi connectivity index (χ1v) is 6.56. The molecule has 0 fully saturated rings. The lowest BCUT2D eigenvalue weighted by Crippen LogP contribution is -2.24. The van der Waals surface area contributed by atoms with E-state index in [4.69, 9.17) is 10.9 Å². The number of benzene rings is 2. The van der Waals surface area contributed by atoms with Gasteiger partial charge in [0.2, 0.25) is 5.91 Å². The SMILES string of the molecule is NC(=NO)c1cccc(CNC(=O)Cc2ccccc2)c1. The zero-order chi connectivity index (χ0) is 15.1. The third kappa shape index (κ3) is 4.35. The van der Waals surface area contributed by atoms with E-state index in [0.717, 1.165) is 11.1 Å². The van der Waals surface area contributed by atoms with Crippen LogP contribution in [0.5, 0.6) is 0 Å². The molecule has 0 radical (unpaired) electrons. The Morgan fingerprint density at radius 1 is 1.10 bits per heavy atom. The third-order valence-electron chi connectivity index (χ3n) is 3.03. The second-order valence-electron chi connectivity index (χ2n) is 4.62. The van der Waals surface area contributed by atoms with E-state index in [0.29, 0.717) is 18.5 Å². The van der Waals surface area contributed by atoms with Crippen molar-refractivity contribution in [3.05, 3.63) is 71.3 Å². The van der Waals surface area contributed by atoms with Crippen molar-refractivity contribution in [2.24, 2.45) is 10.9 Å². The molecule has 0 bridgehead atoms. The van der Waals surface area contributed by atoms with Gasteiger partial charge in [0, 0.05) is 12.1 Å². The predicted molar refractivity (Wildman–Crippen MR) is 80.9 cm³/mol. The van der Waals surface area contributed by atoms with Crippen LogP contribution in [0, 0.1) is 0 Å². The number of oxime groups is 1. The summed E-state index contributed by atoms with van der Waals surface area (Å²) in [6.45, 7) is 0.401. The van der Waals surface area contributed by atoms with Crippen LogP contribution in [0.15, 0.2) is 59.8 Å². The lowest BCUT2D eigenvalue weighted by Gasteiger charge is -2.07. The number of nitrogens with one attached hydrogen (secondary N) is 1. The summed E-state index contributed by atoms with van der Waals surface area (Å²) in [5.74, 6) is 0.00265. The van der Waals surface area contributed by atoms with E-state index >= 15 is 0 Å². The van der Waals surface area contributed by atoms with Gasteiger partial charge in [0.05, 0.1) is 6.42 Å². The lowest BCUT2D eigenvalue weighted by molar-refractivity contribution is -0.120. The molecule has 0 saturated heterocycles. The Morgan fingerprint density at radius 2 is 1.81 bits per heavy atom. The lowest BCUT2D eigenvalue weighted by atomic mass is 10.1. The van der Waals surface area contributed by atoms with Crippen LogP contribution in [-0.2, 0) is 17.8 Å². The highest BCUT2D eigenvalue weighted by atomic mass is 16.4. The zero-order valence-corrected chi connectivity index (χ0v) is 11.5. The molecule has 0 heterocycles. The molecule has 2 aromatic carbocycles. The van der Waals surface area contributed by atoms with E-state index < -0.39 is 0 Å². The molecule has 4 N–H and O–H groups in total. The van der Waals surface area contributed by atoms with Crippen molar-refractivity contribution >= 4 is 11.7 Å². The maximum atomic E-state index is 11.9. The minimum absolute atomic E-state index is 0.0459. The number of carbonyl (C=O) groups is 1. The number of nitrogens with two attached hydrogens (primary N) is 1. The van der Waals surface area contributed by atoms with E-state index in [-0.39, 0.29) is 11.7 Å². The molecule has 5 nitrogen and oxygen atoms in total. The summed E-state index contributed by atoms with van der Waals surface area (Å²) in [6, 6.07) is 16.7. The van der Waals surface area contributed by atoms with Crippen molar-refractivity contribution in [3.63, 3.8) is 0 Å². The summed E-state index contributed by atoms with van der Waals surface area (Å²) in [5.41, 5.74) is 8.01. The van der Waals surface area contributed by atoms with Crippen molar-refractivity contribution in [2.75, 3.05) is 0 Å². The van der Waals surface area contributed by atoms with Crippen LogP contribution in [0.2, 0.25) is 0 Å². The van der Waals surface area contributed by atoms with Crippen molar-refractivity contribution in [1.82, 2.24) is 5.32 Å². The highest BCUT2D eigenvalue weighted by molar-refractivity contribution is 5.97. The average molecular weight is 283 g/mol. The summed E-state index contributed by atoms with van der Waals surface area (Å²) in [5, 5.41) is 14.5. The Morgan fingerprint density at radius 3 is 2.52 bits per heavy atom. The van der Waals surface area contributed by atoms with Gasteiger partial charge >= 0.3 is 0 Å². The fourth-order valence-electron chi connectivity index (χ4n) is 1.94. The average Bonchev–Trinajstić information content (AvgIpc) is 2.53. The predicted octanol–water partition coefficient (Wildman–Crippen LogP) is 1.64. The fourth-order valence-corrected chi connectivity index (χ4v) is 1.94. The Hall–Kier alpha value is -2.82. The highest BCUT2D eigenvalue weighted by Gasteiger charge is 2.04. The summed E-state index contributed by atoms with van der Waals surface area (Å²) < 4.78 is 0. The molecule has 0 aliphatic heterocycles. The van der Waals surface area contributed by atoms with Gasteiger partial charge in [-0.25, -0.2) is 0 Å². The molecule has 1 amide bonds. The fraction of sp³-hybridized carbons (Fsp3) is 0.125. The van der Waals surface area contributed by atoms with Gasteiger partial charge in [-0.15, -0.1) is 0 Å². The molecule has 0 aliphatic rings. The molecule has 0 aromatic heterocycles. The largest absolute Gasteiger partial charge is 0.409 e. The topological polar surface area (TPSA) is 87.7 Å². The van der Waals surface area contributed by atoms with Gasteiger partial charge < -0.3 is 16.3 Å². The van der Waals surface area contributed by atoms with Crippen LogP contribution < -0.4 is 11.1 Å². The first-order chi connectivity index (χ1) is 10.2. The third-order valence-corrected chi connectivity index (χ3v) is 3.03. The van der Waals surface area contributed by atoms with Crippen LogP contribution in [0.3, 0.4) is 0 Å². The summed E-state index contributed by atoms with van der Waals surface area (Å²) in [7, 11) is 0. The minimum atomic E-state index is -0.0459. The van der Waals surface area contributed by atoms with Gasteiger partial charge in [0.25, 0.3) is 0 Å². The first-order valence-electron chi connectivity index (χ1n) is 6.56. The molecule has 5 heteroatoms. The maximum Gasteiger partial charge on any atom is 0.224 e. The standard InChI is InChI=1S/C16H17N3O2/c17-16(19-21)14-8-4-7-13(9-14)11-18-15(20)10-12-5-2-1-3-6-12/h1-9,21H,10-11H2,(H2,17,19)(H,18,20). The zero-order valence-electron chi connectivity index (χ0n) is 11.5. The molecule has 0 aliphatic carbocycles. The number of hydrogen-bond acceptors (Lipinski definition) is 3. The van der Waals surface area contributed by atoms with Crippen LogP contribution in [0.25, 0.3) is 0 Å². The maximum absolute atomic E-state index is 11.9. The summed E-state index contributed by atoms with van der Waals surface area (Å²) in [4.78, 5) is 11.9. The molecule has 2 aromatic rings. The van der Waals surface area contributed by atoms with Crippen LogP contribution in [0.1, 0.15) is 16.7 Å². The van der Waals surface area contributed by atoms with E-state index in [9.17, 15) is 4.79 Å². The van der Waals surface area contributed by atoms with Crippen molar-refractivity contribution in [1.29, 1.82) is 0 Å². The van der Waals surface area contributed by atoms with E-state index in [1.54, 1.807) is 18.2 Å². The smallest absolute Gasteiger partial charge is 0.224 e. The van der Waals surface area contributed by atoms with Crippen LogP contribution in [0.4, 0.5) is 0 Å². The van der Waals surface area contributed by atoms with Gasteiger partial charge in [-0.1, -0.05) is 53.7 Å². The minimum Gasteiger partial charge on any atom is -0.409 e. The molecule has 108 valence electrons. The Bertz CT molecular complexity index is 639. The quantitative estimate of drug-likeness (QED) is 0.337. The van der Waals surface area contributed by atoms with Gasteiger partial charge in [-0.2, -0.15) is 0 Å². The molecule has 0 unspecified atom stereocenters. The van der Waals surface area contributed by atoms with Crippen molar-refractivity contribution in [3.8, 4) is 0 Å². The molecule has 0 saturated carbocycles. The first kappa shape index (κ1) is 14.6.